The van der Waals surface area contributed by atoms with E-state index in [-0.39, 0.29) is 13.5 Å². The molecule has 0 atom stereocenters. The third-order valence-electron chi connectivity index (χ3n) is 2.47. The predicted molar refractivity (Wildman–Crippen MR) is 56.9 cm³/mol. The third-order valence-corrected chi connectivity index (χ3v) is 2.47. The minimum atomic E-state index is -0.143. The van der Waals surface area contributed by atoms with Crippen molar-refractivity contribution >= 4 is 0 Å². The Morgan fingerprint density at radius 2 is 1.53 bits per heavy atom. The number of aryl methyl sites for hydroxylation is 3. The molecule has 0 fully saturated rings. The van der Waals surface area contributed by atoms with Crippen LogP contribution in [-0.4, -0.2) is 28.6 Å². The van der Waals surface area contributed by atoms with Crippen LogP contribution >= 0.6 is 0 Å². The van der Waals surface area contributed by atoms with Crippen LogP contribution < -0.4 is 4.57 Å². The SMILES string of the molecule is Cc1cc(C)[n+](CN(CO)CO)c(C)c1. The fourth-order valence-corrected chi connectivity index (χ4v) is 1.69. The molecule has 0 aliphatic carbocycles. The second kappa shape index (κ2) is 5.21. The number of pyridine rings is 1. The van der Waals surface area contributed by atoms with Crippen molar-refractivity contribution < 1.29 is 14.8 Å². The molecule has 0 unspecified atom stereocenters. The first-order valence-electron chi connectivity index (χ1n) is 5.00. The van der Waals surface area contributed by atoms with E-state index in [1.165, 1.54) is 10.5 Å². The molecular weight excluding hydrogens is 192 g/mol. The zero-order chi connectivity index (χ0) is 11.4. The summed E-state index contributed by atoms with van der Waals surface area (Å²) in [6, 6.07) is 4.17. The summed E-state index contributed by atoms with van der Waals surface area (Å²) in [6.07, 6.45) is 0. The summed E-state index contributed by atoms with van der Waals surface area (Å²) in [5.41, 5.74) is 3.47. The first-order valence-corrected chi connectivity index (χ1v) is 5.00. The quantitative estimate of drug-likeness (QED) is 0.547. The van der Waals surface area contributed by atoms with Crippen molar-refractivity contribution in [2.75, 3.05) is 13.5 Å². The van der Waals surface area contributed by atoms with Gasteiger partial charge in [0.2, 0.25) is 6.67 Å². The lowest BCUT2D eigenvalue weighted by molar-refractivity contribution is -0.728. The van der Waals surface area contributed by atoms with E-state index >= 15 is 0 Å². The highest BCUT2D eigenvalue weighted by atomic mass is 16.3. The summed E-state index contributed by atoms with van der Waals surface area (Å²) >= 11 is 0. The Balaban J connectivity index is 2.94. The van der Waals surface area contributed by atoms with Crippen LogP contribution in [0.5, 0.6) is 0 Å². The van der Waals surface area contributed by atoms with Crippen LogP contribution in [0, 0.1) is 20.8 Å². The van der Waals surface area contributed by atoms with Gasteiger partial charge in [-0.15, -0.1) is 0 Å². The van der Waals surface area contributed by atoms with Gasteiger partial charge >= 0.3 is 0 Å². The molecule has 15 heavy (non-hydrogen) atoms. The van der Waals surface area contributed by atoms with E-state index in [1.54, 1.807) is 0 Å². The van der Waals surface area contributed by atoms with Gasteiger partial charge in [-0.3, -0.25) is 0 Å². The lowest BCUT2D eigenvalue weighted by Crippen LogP contribution is -2.48. The Morgan fingerprint density at radius 1 is 1.07 bits per heavy atom. The highest BCUT2D eigenvalue weighted by molar-refractivity contribution is 5.13. The average Bonchev–Trinajstić information content (AvgIpc) is 2.17. The van der Waals surface area contributed by atoms with Crippen LogP contribution in [-0.2, 0) is 6.67 Å². The van der Waals surface area contributed by atoms with E-state index in [1.807, 2.05) is 13.8 Å². The van der Waals surface area contributed by atoms with Gasteiger partial charge in [0.05, 0.1) is 0 Å². The van der Waals surface area contributed by atoms with Gasteiger partial charge in [-0.1, -0.05) is 0 Å². The van der Waals surface area contributed by atoms with Gasteiger partial charge in [0.15, 0.2) is 11.4 Å². The largest absolute Gasteiger partial charge is 0.381 e. The lowest BCUT2D eigenvalue weighted by Gasteiger charge is -2.14. The molecule has 0 bridgehead atoms. The maximum atomic E-state index is 8.98. The Hall–Kier alpha value is -0.970. The molecule has 0 aliphatic rings. The summed E-state index contributed by atoms with van der Waals surface area (Å²) in [7, 11) is 0. The summed E-state index contributed by atoms with van der Waals surface area (Å²) in [4.78, 5) is 1.54. The van der Waals surface area contributed by atoms with Crippen molar-refractivity contribution in [2.24, 2.45) is 0 Å². The van der Waals surface area contributed by atoms with E-state index in [4.69, 9.17) is 10.2 Å². The molecule has 84 valence electrons. The molecule has 1 heterocycles. The Kier molecular flexibility index (Phi) is 4.20. The van der Waals surface area contributed by atoms with Gasteiger partial charge in [0, 0.05) is 26.0 Å². The van der Waals surface area contributed by atoms with Gasteiger partial charge in [0.1, 0.15) is 13.5 Å². The second-order valence-corrected chi connectivity index (χ2v) is 3.84. The Bertz CT molecular complexity index is 312. The number of hydrogen-bond donors (Lipinski definition) is 2. The number of nitrogens with zero attached hydrogens (tertiary/aromatic N) is 2. The van der Waals surface area contributed by atoms with E-state index in [0.717, 1.165) is 11.4 Å². The fraction of sp³-hybridized carbons (Fsp3) is 0.545. The molecule has 0 spiro atoms. The molecule has 0 radical (unpaired) electrons. The van der Waals surface area contributed by atoms with Crippen LogP contribution in [0.15, 0.2) is 12.1 Å². The topological polar surface area (TPSA) is 47.6 Å². The van der Waals surface area contributed by atoms with Gasteiger partial charge < -0.3 is 10.2 Å². The van der Waals surface area contributed by atoms with Crippen LogP contribution in [0.3, 0.4) is 0 Å². The molecule has 0 amide bonds. The van der Waals surface area contributed by atoms with E-state index < -0.39 is 0 Å². The minimum Gasteiger partial charge on any atom is -0.381 e. The first kappa shape index (κ1) is 12.1. The smallest absolute Gasteiger partial charge is 0.208 e. The van der Waals surface area contributed by atoms with Crippen molar-refractivity contribution in [1.82, 2.24) is 4.90 Å². The predicted octanol–water partition coefficient (Wildman–Crippen LogP) is 0.0585. The zero-order valence-electron chi connectivity index (χ0n) is 9.56. The minimum absolute atomic E-state index is 0.143. The summed E-state index contributed by atoms with van der Waals surface area (Å²) < 4.78 is 2.05. The first-order chi connectivity index (χ1) is 7.08. The van der Waals surface area contributed by atoms with Gasteiger partial charge in [-0.2, -0.15) is 4.57 Å². The van der Waals surface area contributed by atoms with E-state index in [0.29, 0.717) is 6.67 Å². The second-order valence-electron chi connectivity index (χ2n) is 3.84. The standard InChI is InChI=1S/C11H19N2O2/c1-9-4-10(2)13(11(3)5-9)6-12(7-14)8-15/h4-5,14-15H,6-8H2,1-3H3/q+1. The number of aliphatic hydroxyl groups excluding tert-OH is 2. The fourth-order valence-electron chi connectivity index (χ4n) is 1.69. The molecule has 0 saturated carbocycles. The maximum Gasteiger partial charge on any atom is 0.208 e. The molecule has 0 aromatic carbocycles. The molecule has 1 aromatic heterocycles. The highest BCUT2D eigenvalue weighted by Crippen LogP contribution is 2.02. The molecule has 1 aromatic rings. The Labute approximate surface area is 90.4 Å². The summed E-state index contributed by atoms with van der Waals surface area (Å²) in [5, 5.41) is 18.0. The number of rotatable bonds is 4. The van der Waals surface area contributed by atoms with Crippen molar-refractivity contribution in [3.8, 4) is 0 Å². The normalized spacial score (nSPS) is 11.1. The summed E-state index contributed by atoms with van der Waals surface area (Å²) in [5.74, 6) is 0. The van der Waals surface area contributed by atoms with Crippen LogP contribution in [0.4, 0.5) is 0 Å². The zero-order valence-corrected chi connectivity index (χ0v) is 9.56. The van der Waals surface area contributed by atoms with Crippen molar-refractivity contribution in [2.45, 2.75) is 27.4 Å². The molecule has 2 N–H and O–H groups in total. The monoisotopic (exact) mass is 211 g/mol. The maximum absolute atomic E-state index is 8.98. The van der Waals surface area contributed by atoms with Crippen molar-refractivity contribution in [3.05, 3.63) is 29.1 Å². The number of hydrogen-bond acceptors (Lipinski definition) is 3. The van der Waals surface area contributed by atoms with Crippen molar-refractivity contribution in [1.29, 1.82) is 0 Å². The summed E-state index contributed by atoms with van der Waals surface area (Å²) in [6.45, 7) is 6.32. The van der Waals surface area contributed by atoms with Gasteiger partial charge in [0.25, 0.3) is 0 Å². The number of aromatic nitrogens is 1. The van der Waals surface area contributed by atoms with Gasteiger partial charge in [-0.05, 0) is 12.5 Å². The molecule has 1 rings (SSSR count). The highest BCUT2D eigenvalue weighted by Gasteiger charge is 2.14. The van der Waals surface area contributed by atoms with E-state index in [9.17, 15) is 0 Å². The molecular formula is C11H19N2O2+. The van der Waals surface area contributed by atoms with E-state index in [2.05, 4.69) is 23.6 Å². The average molecular weight is 211 g/mol. The van der Waals surface area contributed by atoms with Gasteiger partial charge in [-0.25, -0.2) is 4.90 Å². The molecule has 0 saturated heterocycles. The van der Waals surface area contributed by atoms with Crippen molar-refractivity contribution in [3.63, 3.8) is 0 Å². The Morgan fingerprint density at radius 3 is 1.93 bits per heavy atom. The molecule has 4 nitrogen and oxygen atoms in total. The molecule has 0 aliphatic heterocycles. The third kappa shape index (κ3) is 2.99. The lowest BCUT2D eigenvalue weighted by atomic mass is 10.2. The number of aliphatic hydroxyl groups is 2. The van der Waals surface area contributed by atoms with Crippen LogP contribution in [0.2, 0.25) is 0 Å². The van der Waals surface area contributed by atoms with Crippen LogP contribution in [0.1, 0.15) is 17.0 Å². The molecule has 4 heteroatoms. The van der Waals surface area contributed by atoms with Crippen LogP contribution in [0.25, 0.3) is 0 Å².